The molecule has 23 heavy (non-hydrogen) atoms. The molecule has 0 atom stereocenters. The van der Waals surface area contributed by atoms with Gasteiger partial charge in [-0.2, -0.15) is 5.10 Å². The first-order valence-corrected chi connectivity index (χ1v) is 8.59. The SMILES string of the molecule is CCc1nn(C)c(OC)c1CNC(=O)CSc1ccccc1C. The number of amides is 1. The van der Waals surface area contributed by atoms with Crippen LogP contribution < -0.4 is 10.1 Å². The highest BCUT2D eigenvalue weighted by Crippen LogP contribution is 2.23. The van der Waals surface area contributed by atoms with Crippen LogP contribution in [-0.2, 0) is 24.8 Å². The van der Waals surface area contributed by atoms with Gasteiger partial charge in [0.05, 0.1) is 24.1 Å². The second-order valence-electron chi connectivity index (χ2n) is 5.24. The van der Waals surface area contributed by atoms with Crippen LogP contribution in [0, 0.1) is 6.92 Å². The first-order valence-electron chi connectivity index (χ1n) is 7.60. The summed E-state index contributed by atoms with van der Waals surface area (Å²) in [4.78, 5) is 13.2. The van der Waals surface area contributed by atoms with Gasteiger partial charge in [0.15, 0.2) is 0 Å². The molecule has 0 aliphatic rings. The van der Waals surface area contributed by atoms with Gasteiger partial charge in [-0.25, -0.2) is 4.68 Å². The Balaban J connectivity index is 1.93. The smallest absolute Gasteiger partial charge is 0.230 e. The monoisotopic (exact) mass is 333 g/mol. The predicted octanol–water partition coefficient (Wildman–Crippen LogP) is 2.71. The van der Waals surface area contributed by atoms with Gasteiger partial charge in [0.25, 0.3) is 0 Å². The molecule has 0 spiro atoms. The molecule has 124 valence electrons. The van der Waals surface area contributed by atoms with E-state index >= 15 is 0 Å². The number of nitrogens with zero attached hydrogens (tertiary/aromatic N) is 2. The summed E-state index contributed by atoms with van der Waals surface area (Å²) in [5, 5.41) is 7.38. The number of nitrogens with one attached hydrogen (secondary N) is 1. The van der Waals surface area contributed by atoms with Crippen LogP contribution in [0.1, 0.15) is 23.7 Å². The van der Waals surface area contributed by atoms with E-state index in [4.69, 9.17) is 4.74 Å². The fourth-order valence-corrected chi connectivity index (χ4v) is 3.28. The summed E-state index contributed by atoms with van der Waals surface area (Å²) in [6, 6.07) is 8.07. The summed E-state index contributed by atoms with van der Waals surface area (Å²) >= 11 is 1.55. The largest absolute Gasteiger partial charge is 0.481 e. The molecule has 6 heteroatoms. The predicted molar refractivity (Wildman–Crippen MR) is 92.9 cm³/mol. The van der Waals surface area contributed by atoms with Gasteiger partial charge in [-0.15, -0.1) is 11.8 Å². The van der Waals surface area contributed by atoms with Crippen LogP contribution in [0.4, 0.5) is 0 Å². The van der Waals surface area contributed by atoms with E-state index in [-0.39, 0.29) is 5.91 Å². The lowest BCUT2D eigenvalue weighted by Gasteiger charge is -2.08. The highest BCUT2D eigenvalue weighted by Gasteiger charge is 2.16. The van der Waals surface area contributed by atoms with Crippen molar-refractivity contribution < 1.29 is 9.53 Å². The van der Waals surface area contributed by atoms with Gasteiger partial charge < -0.3 is 10.1 Å². The highest BCUT2D eigenvalue weighted by atomic mass is 32.2. The Hall–Kier alpha value is -1.95. The summed E-state index contributed by atoms with van der Waals surface area (Å²) in [5.74, 6) is 1.11. The third-order valence-corrected chi connectivity index (χ3v) is 4.79. The molecule has 1 heterocycles. The molecule has 0 aliphatic heterocycles. The Morgan fingerprint density at radius 2 is 2.13 bits per heavy atom. The number of aromatic nitrogens is 2. The van der Waals surface area contributed by atoms with Crippen molar-refractivity contribution in [3.63, 3.8) is 0 Å². The number of carbonyl (C=O) groups is 1. The molecule has 0 radical (unpaired) electrons. The van der Waals surface area contributed by atoms with Crippen LogP contribution in [0.5, 0.6) is 5.88 Å². The van der Waals surface area contributed by atoms with E-state index in [1.807, 2.05) is 45.2 Å². The molecule has 1 N–H and O–H groups in total. The number of aryl methyl sites for hydroxylation is 3. The quantitative estimate of drug-likeness (QED) is 0.792. The number of methoxy groups -OCH3 is 1. The molecule has 0 unspecified atom stereocenters. The highest BCUT2D eigenvalue weighted by molar-refractivity contribution is 8.00. The molecular formula is C17H23N3O2S. The van der Waals surface area contributed by atoms with Crippen LogP contribution in [0.3, 0.4) is 0 Å². The first-order chi connectivity index (χ1) is 11.1. The van der Waals surface area contributed by atoms with E-state index in [2.05, 4.69) is 10.4 Å². The second kappa shape index (κ2) is 8.06. The van der Waals surface area contributed by atoms with E-state index in [1.54, 1.807) is 23.6 Å². The topological polar surface area (TPSA) is 56.1 Å². The maximum absolute atomic E-state index is 12.1. The minimum atomic E-state index is 0.00575. The lowest BCUT2D eigenvalue weighted by molar-refractivity contribution is -0.118. The Bertz CT molecular complexity index is 682. The molecular weight excluding hydrogens is 310 g/mol. The fraction of sp³-hybridized carbons (Fsp3) is 0.412. The lowest BCUT2D eigenvalue weighted by atomic mass is 10.2. The molecule has 1 amide bonds. The van der Waals surface area contributed by atoms with Gasteiger partial charge in [0.2, 0.25) is 11.8 Å². The van der Waals surface area contributed by atoms with Crippen molar-refractivity contribution in [2.45, 2.75) is 31.7 Å². The minimum Gasteiger partial charge on any atom is -0.481 e. The average Bonchev–Trinajstić information content (AvgIpc) is 2.87. The van der Waals surface area contributed by atoms with Crippen molar-refractivity contribution in [3.8, 4) is 5.88 Å². The minimum absolute atomic E-state index is 0.00575. The summed E-state index contributed by atoms with van der Waals surface area (Å²) < 4.78 is 7.09. The molecule has 1 aromatic carbocycles. The van der Waals surface area contributed by atoms with Gasteiger partial charge in [0.1, 0.15) is 0 Å². The normalized spacial score (nSPS) is 10.6. The zero-order valence-corrected chi connectivity index (χ0v) is 14.9. The fourth-order valence-electron chi connectivity index (χ4n) is 2.42. The van der Waals surface area contributed by atoms with Gasteiger partial charge in [-0.3, -0.25) is 4.79 Å². The third kappa shape index (κ3) is 4.28. The summed E-state index contributed by atoms with van der Waals surface area (Å²) in [7, 11) is 3.47. The molecule has 0 saturated heterocycles. The molecule has 2 aromatic rings. The molecule has 0 aliphatic carbocycles. The second-order valence-corrected chi connectivity index (χ2v) is 6.26. The van der Waals surface area contributed by atoms with Crippen molar-refractivity contribution in [2.24, 2.45) is 7.05 Å². The van der Waals surface area contributed by atoms with E-state index in [0.29, 0.717) is 18.2 Å². The van der Waals surface area contributed by atoms with E-state index in [9.17, 15) is 4.79 Å². The molecule has 1 aromatic heterocycles. The number of ether oxygens (including phenoxy) is 1. The standard InChI is InChI=1S/C17H23N3O2S/c1-5-14-13(17(22-4)20(3)19-14)10-18-16(21)11-23-15-9-7-6-8-12(15)2/h6-9H,5,10-11H2,1-4H3,(H,18,21). The number of hydrogen-bond acceptors (Lipinski definition) is 4. The third-order valence-electron chi connectivity index (χ3n) is 3.61. The van der Waals surface area contributed by atoms with Crippen molar-refractivity contribution in [3.05, 3.63) is 41.1 Å². The van der Waals surface area contributed by atoms with Gasteiger partial charge in [0, 0.05) is 18.5 Å². The van der Waals surface area contributed by atoms with Crippen LogP contribution in [-0.4, -0.2) is 28.6 Å². The number of carbonyl (C=O) groups excluding carboxylic acids is 1. The molecule has 0 bridgehead atoms. The first kappa shape index (κ1) is 17.4. The Morgan fingerprint density at radius 3 is 2.78 bits per heavy atom. The summed E-state index contributed by atoms with van der Waals surface area (Å²) in [5.41, 5.74) is 3.09. The number of rotatable bonds is 7. The Labute approximate surface area is 141 Å². The lowest BCUT2D eigenvalue weighted by Crippen LogP contribution is -2.25. The number of benzene rings is 1. The maximum Gasteiger partial charge on any atom is 0.230 e. The van der Waals surface area contributed by atoms with Crippen molar-refractivity contribution in [1.29, 1.82) is 0 Å². The van der Waals surface area contributed by atoms with E-state index < -0.39 is 0 Å². The maximum atomic E-state index is 12.1. The number of thioether (sulfide) groups is 1. The van der Waals surface area contributed by atoms with Gasteiger partial charge in [-0.1, -0.05) is 25.1 Å². The van der Waals surface area contributed by atoms with Crippen LogP contribution in [0.15, 0.2) is 29.2 Å². The Morgan fingerprint density at radius 1 is 1.39 bits per heavy atom. The van der Waals surface area contributed by atoms with E-state index in [1.165, 1.54) is 5.56 Å². The Kier molecular flexibility index (Phi) is 6.10. The zero-order chi connectivity index (χ0) is 16.8. The summed E-state index contributed by atoms with van der Waals surface area (Å²) in [6.07, 6.45) is 0.806. The van der Waals surface area contributed by atoms with Crippen LogP contribution in [0.2, 0.25) is 0 Å². The van der Waals surface area contributed by atoms with Crippen molar-refractivity contribution in [2.75, 3.05) is 12.9 Å². The van der Waals surface area contributed by atoms with E-state index in [0.717, 1.165) is 22.6 Å². The van der Waals surface area contributed by atoms with Gasteiger partial charge >= 0.3 is 0 Å². The summed E-state index contributed by atoms with van der Waals surface area (Å²) in [6.45, 7) is 4.53. The van der Waals surface area contributed by atoms with Gasteiger partial charge in [-0.05, 0) is 25.0 Å². The molecule has 0 saturated carbocycles. The van der Waals surface area contributed by atoms with Crippen molar-refractivity contribution >= 4 is 17.7 Å². The van der Waals surface area contributed by atoms with Crippen LogP contribution in [0.25, 0.3) is 0 Å². The van der Waals surface area contributed by atoms with Crippen molar-refractivity contribution in [1.82, 2.24) is 15.1 Å². The zero-order valence-electron chi connectivity index (χ0n) is 14.0. The number of hydrogen-bond donors (Lipinski definition) is 1. The molecule has 2 rings (SSSR count). The molecule has 0 fully saturated rings. The average molecular weight is 333 g/mol. The molecule has 5 nitrogen and oxygen atoms in total. The van der Waals surface area contributed by atoms with Crippen LogP contribution >= 0.6 is 11.8 Å².